The van der Waals surface area contributed by atoms with Crippen LogP contribution in [-0.4, -0.2) is 19.1 Å². The Morgan fingerprint density at radius 2 is 2.14 bits per heavy atom. The summed E-state index contributed by atoms with van der Waals surface area (Å²) < 4.78 is 0. The van der Waals surface area contributed by atoms with Crippen LogP contribution in [0.1, 0.15) is 5.56 Å². The van der Waals surface area contributed by atoms with Crippen LogP contribution in [0.5, 0.6) is 0 Å². The molecular formula is C10H13N3S. The molecule has 0 aliphatic rings. The van der Waals surface area contributed by atoms with E-state index in [4.69, 9.17) is 5.73 Å². The molecule has 14 heavy (non-hydrogen) atoms. The summed E-state index contributed by atoms with van der Waals surface area (Å²) in [5.74, 6) is 0.914. The average Bonchev–Trinajstić information content (AvgIpc) is 2.48. The van der Waals surface area contributed by atoms with Crippen LogP contribution in [0.15, 0.2) is 11.4 Å². The third kappa shape index (κ3) is 1.32. The quantitative estimate of drug-likeness (QED) is 0.780. The maximum absolute atomic E-state index is 5.98. The van der Waals surface area contributed by atoms with Gasteiger partial charge in [-0.1, -0.05) is 0 Å². The van der Waals surface area contributed by atoms with Gasteiger partial charge in [-0.3, -0.25) is 0 Å². The van der Waals surface area contributed by atoms with Crippen molar-refractivity contribution in [3.63, 3.8) is 0 Å². The third-order valence-electron chi connectivity index (χ3n) is 2.20. The second-order valence-corrected chi connectivity index (χ2v) is 4.42. The van der Waals surface area contributed by atoms with E-state index in [2.05, 4.69) is 17.3 Å². The SMILES string of the molecule is Cc1csc2nc(N(C)C)cc(N)c12. The molecule has 0 radical (unpaired) electrons. The fourth-order valence-corrected chi connectivity index (χ4v) is 2.39. The number of hydrogen-bond acceptors (Lipinski definition) is 4. The number of nitrogen functional groups attached to an aromatic ring is 1. The van der Waals surface area contributed by atoms with Crippen LogP contribution in [0.25, 0.3) is 10.2 Å². The van der Waals surface area contributed by atoms with Crippen molar-refractivity contribution >= 4 is 33.1 Å². The number of fused-ring (bicyclic) bond motifs is 1. The monoisotopic (exact) mass is 207 g/mol. The van der Waals surface area contributed by atoms with Crippen LogP contribution in [0.2, 0.25) is 0 Å². The molecule has 0 fully saturated rings. The summed E-state index contributed by atoms with van der Waals surface area (Å²) >= 11 is 1.64. The largest absolute Gasteiger partial charge is 0.398 e. The number of nitrogens with two attached hydrogens (primary N) is 1. The lowest BCUT2D eigenvalue weighted by molar-refractivity contribution is 1.09. The van der Waals surface area contributed by atoms with Gasteiger partial charge in [0.15, 0.2) is 0 Å². The van der Waals surface area contributed by atoms with Gasteiger partial charge in [-0.15, -0.1) is 11.3 Å². The lowest BCUT2D eigenvalue weighted by Gasteiger charge is -2.12. The zero-order chi connectivity index (χ0) is 10.3. The number of pyridine rings is 1. The van der Waals surface area contributed by atoms with E-state index in [0.29, 0.717) is 0 Å². The number of nitrogens with zero attached hydrogens (tertiary/aromatic N) is 2. The van der Waals surface area contributed by atoms with Crippen molar-refractivity contribution in [1.82, 2.24) is 4.98 Å². The van der Waals surface area contributed by atoms with Crippen LogP contribution in [-0.2, 0) is 0 Å². The Morgan fingerprint density at radius 1 is 1.43 bits per heavy atom. The lowest BCUT2D eigenvalue weighted by atomic mass is 10.2. The average molecular weight is 207 g/mol. The van der Waals surface area contributed by atoms with Crippen LogP contribution < -0.4 is 10.6 Å². The van der Waals surface area contributed by atoms with Crippen LogP contribution in [0, 0.1) is 6.92 Å². The van der Waals surface area contributed by atoms with Gasteiger partial charge in [-0.2, -0.15) is 0 Å². The van der Waals surface area contributed by atoms with Gasteiger partial charge in [-0.05, 0) is 17.9 Å². The molecule has 0 bridgehead atoms. The predicted octanol–water partition coefficient (Wildman–Crippen LogP) is 2.25. The molecule has 0 spiro atoms. The molecule has 0 amide bonds. The fraction of sp³-hybridized carbons (Fsp3) is 0.300. The fourth-order valence-electron chi connectivity index (χ4n) is 1.44. The Bertz CT molecular complexity index is 473. The first kappa shape index (κ1) is 9.27. The van der Waals surface area contributed by atoms with Crippen LogP contribution in [0.4, 0.5) is 11.5 Å². The summed E-state index contributed by atoms with van der Waals surface area (Å²) in [5, 5.41) is 3.19. The maximum Gasteiger partial charge on any atom is 0.131 e. The molecule has 0 saturated heterocycles. The van der Waals surface area contributed by atoms with E-state index in [-0.39, 0.29) is 0 Å². The first-order valence-corrected chi connectivity index (χ1v) is 5.29. The molecule has 3 nitrogen and oxygen atoms in total. The van der Waals surface area contributed by atoms with Gasteiger partial charge < -0.3 is 10.6 Å². The summed E-state index contributed by atoms with van der Waals surface area (Å²) in [5.41, 5.74) is 8.01. The molecule has 2 aromatic heterocycles. The number of thiophene rings is 1. The van der Waals surface area contributed by atoms with Crippen molar-refractivity contribution in [2.45, 2.75) is 6.92 Å². The van der Waals surface area contributed by atoms with Gasteiger partial charge in [0.25, 0.3) is 0 Å². The topological polar surface area (TPSA) is 42.2 Å². The van der Waals surface area contributed by atoms with Gasteiger partial charge in [0.2, 0.25) is 0 Å². The van der Waals surface area contributed by atoms with Gasteiger partial charge in [-0.25, -0.2) is 4.98 Å². The molecule has 2 N–H and O–H groups in total. The van der Waals surface area contributed by atoms with Gasteiger partial charge in [0.1, 0.15) is 10.6 Å². The molecule has 74 valence electrons. The highest BCUT2D eigenvalue weighted by Gasteiger charge is 2.08. The number of aromatic nitrogens is 1. The molecule has 0 unspecified atom stereocenters. The van der Waals surface area contributed by atoms with Crippen molar-refractivity contribution in [3.8, 4) is 0 Å². The third-order valence-corrected chi connectivity index (χ3v) is 3.19. The van der Waals surface area contributed by atoms with Crippen molar-refractivity contribution < 1.29 is 0 Å². The molecule has 2 heterocycles. The standard InChI is InChI=1S/C10H13N3S/c1-6-5-14-10-9(6)7(11)4-8(12-10)13(2)3/h4-5H,1-3H3,(H2,11,12). The van der Waals surface area contributed by atoms with Gasteiger partial charge in [0.05, 0.1) is 0 Å². The van der Waals surface area contributed by atoms with Crippen molar-refractivity contribution in [2.75, 3.05) is 24.7 Å². The van der Waals surface area contributed by atoms with Crippen molar-refractivity contribution in [3.05, 3.63) is 17.0 Å². The summed E-state index contributed by atoms with van der Waals surface area (Å²) in [6.45, 7) is 2.06. The highest BCUT2D eigenvalue weighted by atomic mass is 32.1. The summed E-state index contributed by atoms with van der Waals surface area (Å²) in [6.07, 6.45) is 0. The number of aryl methyl sites for hydroxylation is 1. The molecule has 0 aliphatic heterocycles. The number of hydrogen-bond donors (Lipinski definition) is 1. The van der Waals surface area contributed by atoms with E-state index >= 15 is 0 Å². The Hall–Kier alpha value is -1.29. The Kier molecular flexibility index (Phi) is 2.07. The molecule has 0 saturated carbocycles. The zero-order valence-electron chi connectivity index (χ0n) is 8.53. The van der Waals surface area contributed by atoms with E-state index in [1.54, 1.807) is 11.3 Å². The van der Waals surface area contributed by atoms with Crippen molar-refractivity contribution in [2.24, 2.45) is 0 Å². The minimum atomic E-state index is 0.817. The molecule has 0 atom stereocenters. The molecule has 2 rings (SSSR count). The maximum atomic E-state index is 5.98. The second-order valence-electron chi connectivity index (χ2n) is 3.56. The Morgan fingerprint density at radius 3 is 2.79 bits per heavy atom. The minimum absolute atomic E-state index is 0.817. The zero-order valence-corrected chi connectivity index (χ0v) is 9.35. The van der Waals surface area contributed by atoms with Crippen LogP contribution >= 0.6 is 11.3 Å². The van der Waals surface area contributed by atoms with Gasteiger partial charge in [0, 0.05) is 31.2 Å². The Labute approximate surface area is 87.2 Å². The molecular weight excluding hydrogens is 194 g/mol. The predicted molar refractivity (Wildman–Crippen MR) is 63.1 cm³/mol. The first-order chi connectivity index (χ1) is 6.59. The van der Waals surface area contributed by atoms with E-state index in [1.807, 2.05) is 25.1 Å². The molecule has 0 aliphatic carbocycles. The summed E-state index contributed by atoms with van der Waals surface area (Å²) in [7, 11) is 3.93. The second kappa shape index (κ2) is 3.13. The van der Waals surface area contributed by atoms with E-state index in [1.165, 1.54) is 5.56 Å². The number of rotatable bonds is 1. The minimum Gasteiger partial charge on any atom is -0.398 e. The summed E-state index contributed by atoms with van der Waals surface area (Å²) in [6, 6.07) is 1.92. The summed E-state index contributed by atoms with van der Waals surface area (Å²) in [4.78, 5) is 7.50. The highest BCUT2D eigenvalue weighted by molar-refractivity contribution is 7.17. The first-order valence-electron chi connectivity index (χ1n) is 4.41. The Balaban J connectivity index is 2.74. The van der Waals surface area contributed by atoms with Gasteiger partial charge >= 0.3 is 0 Å². The van der Waals surface area contributed by atoms with E-state index < -0.39 is 0 Å². The molecule has 0 aromatic carbocycles. The van der Waals surface area contributed by atoms with Crippen LogP contribution in [0.3, 0.4) is 0 Å². The smallest absolute Gasteiger partial charge is 0.131 e. The molecule has 4 heteroatoms. The van der Waals surface area contributed by atoms with E-state index in [9.17, 15) is 0 Å². The normalized spacial score (nSPS) is 10.8. The van der Waals surface area contributed by atoms with E-state index in [0.717, 1.165) is 21.7 Å². The van der Waals surface area contributed by atoms with Crippen molar-refractivity contribution in [1.29, 1.82) is 0 Å². The number of anilines is 2. The lowest BCUT2D eigenvalue weighted by Crippen LogP contribution is -2.10. The molecule has 2 aromatic rings. The highest BCUT2D eigenvalue weighted by Crippen LogP contribution is 2.31.